The van der Waals surface area contributed by atoms with Gasteiger partial charge in [0.2, 0.25) is 0 Å². The molecule has 2 rings (SSSR count). The summed E-state index contributed by atoms with van der Waals surface area (Å²) < 4.78 is 9.70. The zero-order valence-electron chi connectivity index (χ0n) is 14.3. The number of hydrogen-bond donors (Lipinski definition) is 2. The van der Waals surface area contributed by atoms with Gasteiger partial charge in [-0.2, -0.15) is 5.26 Å². The average Bonchev–Trinajstić information content (AvgIpc) is 2.68. The lowest BCUT2D eigenvalue weighted by molar-refractivity contribution is -0.112. The number of methoxy groups -OCH3 is 2. The molecule has 26 heavy (non-hydrogen) atoms. The number of ether oxygens (including phenoxy) is 2. The minimum Gasteiger partial charge on any atom is -0.497 e. The predicted octanol–water partition coefficient (Wildman–Crippen LogP) is 2.94. The Kier molecular flexibility index (Phi) is 6.34. The van der Waals surface area contributed by atoms with E-state index >= 15 is 0 Å². The van der Waals surface area contributed by atoms with Crippen molar-refractivity contribution >= 4 is 23.3 Å². The van der Waals surface area contributed by atoms with Crippen molar-refractivity contribution in [1.29, 1.82) is 5.26 Å². The number of esters is 1. The molecule has 0 aliphatic rings. The van der Waals surface area contributed by atoms with E-state index in [-0.39, 0.29) is 5.57 Å². The molecule has 0 atom stereocenters. The van der Waals surface area contributed by atoms with Gasteiger partial charge in [-0.15, -0.1) is 0 Å². The number of hydrogen-bond acceptors (Lipinski definition) is 6. The van der Waals surface area contributed by atoms with Crippen LogP contribution in [0.15, 0.2) is 60.3 Å². The summed E-state index contributed by atoms with van der Waals surface area (Å²) in [6.45, 7) is 0. The highest BCUT2D eigenvalue weighted by Crippen LogP contribution is 2.16. The summed E-state index contributed by atoms with van der Waals surface area (Å²) in [7, 11) is 2.84. The fraction of sp³-hybridized carbons (Fsp3) is 0.105. The Labute approximate surface area is 150 Å². The molecule has 7 nitrogen and oxygen atoms in total. The first-order chi connectivity index (χ1) is 12.6. The predicted molar refractivity (Wildman–Crippen MR) is 96.7 cm³/mol. The number of benzene rings is 2. The molecule has 132 valence electrons. The molecule has 0 saturated heterocycles. The summed E-state index contributed by atoms with van der Waals surface area (Å²) in [5.41, 5.74) is 1.30. The molecule has 0 aliphatic carbocycles. The van der Waals surface area contributed by atoms with Crippen LogP contribution in [0.5, 0.6) is 5.75 Å². The molecule has 0 saturated carbocycles. The van der Waals surface area contributed by atoms with E-state index in [1.807, 2.05) is 6.07 Å². The molecule has 0 radical (unpaired) electrons. The summed E-state index contributed by atoms with van der Waals surface area (Å²) in [6.07, 6.45) is 1.27. The number of anilines is 2. The molecule has 2 aromatic rings. The van der Waals surface area contributed by atoms with Gasteiger partial charge in [0, 0.05) is 17.6 Å². The van der Waals surface area contributed by atoms with Crippen molar-refractivity contribution in [2.45, 2.75) is 0 Å². The van der Waals surface area contributed by atoms with Crippen molar-refractivity contribution in [3.63, 3.8) is 0 Å². The largest absolute Gasteiger partial charge is 0.497 e. The van der Waals surface area contributed by atoms with Gasteiger partial charge in [0.1, 0.15) is 17.4 Å². The number of nitrogens with zero attached hydrogens (tertiary/aromatic N) is 1. The SMILES string of the molecule is COC(=O)c1cccc(N/C=C(/C#N)C(=O)Nc2ccc(OC)cc2)c1. The van der Waals surface area contributed by atoms with Crippen LogP contribution < -0.4 is 15.4 Å². The van der Waals surface area contributed by atoms with Crippen LogP contribution in [0, 0.1) is 11.3 Å². The number of amides is 1. The van der Waals surface area contributed by atoms with Gasteiger partial charge < -0.3 is 20.1 Å². The fourth-order valence-corrected chi connectivity index (χ4v) is 2.03. The maximum absolute atomic E-state index is 12.2. The van der Waals surface area contributed by atoms with Gasteiger partial charge in [-0.1, -0.05) is 6.07 Å². The van der Waals surface area contributed by atoms with Gasteiger partial charge in [-0.05, 0) is 42.5 Å². The molecular formula is C19H17N3O4. The van der Waals surface area contributed by atoms with Gasteiger partial charge in [-0.3, -0.25) is 4.79 Å². The van der Waals surface area contributed by atoms with Crippen LogP contribution in [-0.4, -0.2) is 26.1 Å². The van der Waals surface area contributed by atoms with E-state index in [0.29, 0.717) is 22.7 Å². The first kappa shape index (κ1) is 18.5. The van der Waals surface area contributed by atoms with Crippen molar-refractivity contribution in [3.8, 4) is 11.8 Å². The minimum absolute atomic E-state index is 0.121. The molecule has 0 spiro atoms. The Morgan fingerprint density at radius 2 is 1.81 bits per heavy atom. The molecule has 2 N–H and O–H groups in total. The van der Waals surface area contributed by atoms with Crippen LogP contribution in [-0.2, 0) is 9.53 Å². The van der Waals surface area contributed by atoms with Crippen molar-refractivity contribution in [2.24, 2.45) is 0 Å². The highest BCUT2D eigenvalue weighted by atomic mass is 16.5. The summed E-state index contributed by atoms with van der Waals surface area (Å²) in [4.78, 5) is 23.7. The monoisotopic (exact) mass is 351 g/mol. The molecule has 0 aromatic heterocycles. The highest BCUT2D eigenvalue weighted by Gasteiger charge is 2.10. The molecule has 0 aliphatic heterocycles. The first-order valence-electron chi connectivity index (χ1n) is 7.58. The van der Waals surface area contributed by atoms with Crippen molar-refractivity contribution < 1.29 is 19.1 Å². The molecule has 2 aromatic carbocycles. The van der Waals surface area contributed by atoms with Crippen LogP contribution in [0.4, 0.5) is 11.4 Å². The number of carbonyl (C=O) groups excluding carboxylic acids is 2. The van der Waals surface area contributed by atoms with Crippen LogP contribution in [0.25, 0.3) is 0 Å². The molecule has 0 heterocycles. The zero-order chi connectivity index (χ0) is 18.9. The lowest BCUT2D eigenvalue weighted by Gasteiger charge is -2.07. The number of nitriles is 1. The van der Waals surface area contributed by atoms with E-state index in [4.69, 9.17) is 4.74 Å². The highest BCUT2D eigenvalue weighted by molar-refractivity contribution is 6.06. The minimum atomic E-state index is -0.561. The normalized spacial score (nSPS) is 10.4. The van der Waals surface area contributed by atoms with Crippen molar-refractivity contribution in [1.82, 2.24) is 0 Å². The van der Waals surface area contributed by atoms with E-state index in [1.54, 1.807) is 55.6 Å². The average molecular weight is 351 g/mol. The van der Waals surface area contributed by atoms with Gasteiger partial charge in [0.05, 0.1) is 19.8 Å². The van der Waals surface area contributed by atoms with Gasteiger partial charge in [-0.25, -0.2) is 4.79 Å². The molecule has 0 fully saturated rings. The van der Waals surface area contributed by atoms with E-state index in [2.05, 4.69) is 15.4 Å². The Balaban J connectivity index is 2.08. The summed E-state index contributed by atoms with van der Waals surface area (Å²) >= 11 is 0. The zero-order valence-corrected chi connectivity index (χ0v) is 14.3. The third kappa shape index (κ3) is 4.85. The fourth-order valence-electron chi connectivity index (χ4n) is 2.03. The number of carbonyl (C=O) groups is 2. The molecule has 0 unspecified atom stereocenters. The first-order valence-corrected chi connectivity index (χ1v) is 7.58. The summed E-state index contributed by atoms with van der Waals surface area (Å²) in [5.74, 6) is -0.379. The second-order valence-corrected chi connectivity index (χ2v) is 5.07. The van der Waals surface area contributed by atoms with Crippen LogP contribution >= 0.6 is 0 Å². The number of nitrogens with one attached hydrogen (secondary N) is 2. The summed E-state index contributed by atoms with van der Waals surface area (Å²) in [6, 6.07) is 15.1. The maximum Gasteiger partial charge on any atom is 0.337 e. The Hall–Kier alpha value is -3.79. The molecule has 7 heteroatoms. The van der Waals surface area contributed by atoms with Gasteiger partial charge in [0.25, 0.3) is 5.91 Å². The summed E-state index contributed by atoms with van der Waals surface area (Å²) in [5, 5.41) is 14.6. The molecular weight excluding hydrogens is 334 g/mol. The topological polar surface area (TPSA) is 100 Å². The van der Waals surface area contributed by atoms with Crippen LogP contribution in [0.1, 0.15) is 10.4 Å². The Morgan fingerprint density at radius 1 is 1.08 bits per heavy atom. The van der Waals surface area contributed by atoms with E-state index in [0.717, 1.165) is 0 Å². The van der Waals surface area contributed by atoms with E-state index in [1.165, 1.54) is 13.3 Å². The number of rotatable bonds is 6. The second-order valence-electron chi connectivity index (χ2n) is 5.07. The van der Waals surface area contributed by atoms with Crippen molar-refractivity contribution in [3.05, 3.63) is 65.9 Å². The van der Waals surface area contributed by atoms with E-state index < -0.39 is 11.9 Å². The van der Waals surface area contributed by atoms with E-state index in [9.17, 15) is 14.9 Å². The van der Waals surface area contributed by atoms with Gasteiger partial charge >= 0.3 is 5.97 Å². The second kappa shape index (κ2) is 8.89. The maximum atomic E-state index is 12.2. The molecule has 0 bridgehead atoms. The standard InChI is InChI=1S/C19H17N3O4/c1-25-17-8-6-15(7-9-17)22-18(23)14(11-20)12-21-16-5-3-4-13(10-16)19(24)26-2/h3-10,12,21H,1-2H3,(H,22,23)/b14-12-. The van der Waals surface area contributed by atoms with Crippen molar-refractivity contribution in [2.75, 3.05) is 24.9 Å². The lowest BCUT2D eigenvalue weighted by atomic mass is 10.2. The van der Waals surface area contributed by atoms with Gasteiger partial charge in [0.15, 0.2) is 0 Å². The van der Waals surface area contributed by atoms with Crippen LogP contribution in [0.3, 0.4) is 0 Å². The Bertz CT molecular complexity index is 867. The van der Waals surface area contributed by atoms with Crippen LogP contribution in [0.2, 0.25) is 0 Å². The quantitative estimate of drug-likeness (QED) is 0.471. The Morgan fingerprint density at radius 3 is 2.42 bits per heavy atom. The molecule has 1 amide bonds. The third-order valence-electron chi connectivity index (χ3n) is 3.38. The lowest BCUT2D eigenvalue weighted by Crippen LogP contribution is -2.14. The third-order valence-corrected chi connectivity index (χ3v) is 3.38. The smallest absolute Gasteiger partial charge is 0.337 e.